The lowest BCUT2D eigenvalue weighted by Gasteiger charge is -2.15. The minimum Gasteiger partial charge on any atom is -0.489 e. The van der Waals surface area contributed by atoms with Crippen LogP contribution in [-0.2, 0) is 15.7 Å². The number of fused-ring (bicyclic) bond motifs is 1. The number of benzene rings is 2. The van der Waals surface area contributed by atoms with Crippen molar-refractivity contribution < 1.29 is 31.9 Å². The molecule has 2 N–H and O–H groups in total. The Hall–Kier alpha value is -3.51. The molecule has 0 saturated carbocycles. The number of aromatic amines is 1. The normalized spacial score (nSPS) is 11.6. The van der Waals surface area contributed by atoms with Crippen LogP contribution in [0.1, 0.15) is 5.56 Å². The van der Waals surface area contributed by atoms with Crippen LogP contribution >= 0.6 is 11.8 Å². The molecule has 0 bridgehead atoms. The number of rotatable bonds is 9. The molecule has 8 nitrogen and oxygen atoms in total. The number of nitrogens with zero attached hydrogens (tertiary/aromatic N) is 2. The Morgan fingerprint density at radius 1 is 1.18 bits per heavy atom. The van der Waals surface area contributed by atoms with Gasteiger partial charge in [-0.2, -0.15) is 13.2 Å². The average molecular weight is 492 g/mol. The van der Waals surface area contributed by atoms with Gasteiger partial charge in [0.1, 0.15) is 12.4 Å². The molecule has 0 aliphatic carbocycles. The lowest BCUT2D eigenvalue weighted by Crippen LogP contribution is -2.17. The van der Waals surface area contributed by atoms with E-state index in [1.807, 2.05) is 24.3 Å². The first-order chi connectivity index (χ1) is 16.3. The SMILES string of the molecule is COCCOc1ccc(C(F)(F)F)cc1NC(=O)CSc1nnc(-c2c[nH]c3ccccc23)o1. The monoisotopic (exact) mass is 492 g/mol. The highest BCUT2D eigenvalue weighted by atomic mass is 32.2. The Kier molecular flexibility index (Phi) is 7.08. The fourth-order valence-electron chi connectivity index (χ4n) is 3.10. The molecule has 0 saturated heterocycles. The first-order valence-corrected chi connectivity index (χ1v) is 11.0. The number of carbonyl (C=O) groups excluding carboxylic acids is 1. The first-order valence-electron chi connectivity index (χ1n) is 10.0. The molecule has 0 atom stereocenters. The van der Waals surface area contributed by atoms with E-state index in [9.17, 15) is 18.0 Å². The van der Waals surface area contributed by atoms with E-state index in [1.54, 1.807) is 6.20 Å². The molecule has 4 rings (SSSR count). The average Bonchev–Trinajstić information content (AvgIpc) is 3.45. The zero-order chi connectivity index (χ0) is 24.1. The maximum Gasteiger partial charge on any atom is 0.416 e. The number of alkyl halides is 3. The third kappa shape index (κ3) is 5.51. The molecule has 2 aromatic carbocycles. The molecule has 1 amide bonds. The van der Waals surface area contributed by atoms with Gasteiger partial charge in [0.2, 0.25) is 5.91 Å². The van der Waals surface area contributed by atoms with Crippen LogP contribution in [0.25, 0.3) is 22.4 Å². The van der Waals surface area contributed by atoms with Crippen molar-refractivity contribution in [1.82, 2.24) is 15.2 Å². The van der Waals surface area contributed by atoms with Crippen molar-refractivity contribution in [2.24, 2.45) is 0 Å². The van der Waals surface area contributed by atoms with Crippen LogP contribution in [0.5, 0.6) is 5.75 Å². The molecule has 12 heteroatoms. The highest BCUT2D eigenvalue weighted by molar-refractivity contribution is 7.99. The summed E-state index contributed by atoms with van der Waals surface area (Å²) in [5.74, 6) is -0.342. The van der Waals surface area contributed by atoms with E-state index < -0.39 is 17.6 Å². The van der Waals surface area contributed by atoms with Gasteiger partial charge in [0, 0.05) is 24.2 Å². The molecule has 2 heterocycles. The molecule has 0 radical (unpaired) electrons. The zero-order valence-electron chi connectivity index (χ0n) is 17.8. The molecule has 0 unspecified atom stereocenters. The Labute approximate surface area is 195 Å². The van der Waals surface area contributed by atoms with Gasteiger partial charge in [-0.1, -0.05) is 30.0 Å². The number of para-hydroxylation sites is 1. The van der Waals surface area contributed by atoms with Crippen molar-refractivity contribution in [2.45, 2.75) is 11.4 Å². The molecule has 0 aliphatic rings. The fourth-order valence-corrected chi connectivity index (χ4v) is 3.67. The summed E-state index contributed by atoms with van der Waals surface area (Å²) in [5, 5.41) is 11.5. The summed E-state index contributed by atoms with van der Waals surface area (Å²) in [6.07, 6.45) is -2.82. The maximum absolute atomic E-state index is 13.1. The summed E-state index contributed by atoms with van der Waals surface area (Å²) in [4.78, 5) is 15.6. The minimum atomic E-state index is -4.57. The summed E-state index contributed by atoms with van der Waals surface area (Å²) < 4.78 is 55.3. The van der Waals surface area contributed by atoms with Crippen molar-refractivity contribution in [3.8, 4) is 17.2 Å². The standard InChI is InChI=1S/C22H19F3N4O4S/c1-31-8-9-32-18-7-6-13(22(23,24)25)10-17(18)27-19(30)12-34-21-29-28-20(33-21)15-11-26-16-5-3-2-4-14(15)16/h2-7,10-11,26H,8-9,12H2,1H3,(H,27,30). The van der Waals surface area contributed by atoms with Crippen LogP contribution in [0, 0.1) is 0 Å². The van der Waals surface area contributed by atoms with Crippen molar-refractivity contribution in [3.05, 3.63) is 54.2 Å². The van der Waals surface area contributed by atoms with Gasteiger partial charge in [-0.05, 0) is 24.3 Å². The fraction of sp³-hybridized carbons (Fsp3) is 0.227. The molecular weight excluding hydrogens is 473 g/mol. The maximum atomic E-state index is 13.1. The molecule has 0 spiro atoms. The van der Waals surface area contributed by atoms with Gasteiger partial charge in [-0.3, -0.25) is 4.79 Å². The number of nitrogens with one attached hydrogen (secondary N) is 2. The number of aromatic nitrogens is 3. The summed E-state index contributed by atoms with van der Waals surface area (Å²) in [6.45, 7) is 0.346. The van der Waals surface area contributed by atoms with Gasteiger partial charge in [-0.15, -0.1) is 10.2 Å². The number of hydrogen-bond acceptors (Lipinski definition) is 7. The number of ether oxygens (including phenoxy) is 2. The van der Waals surface area contributed by atoms with E-state index in [1.165, 1.54) is 7.11 Å². The third-order valence-corrected chi connectivity index (χ3v) is 5.50. The lowest BCUT2D eigenvalue weighted by atomic mass is 10.1. The number of hydrogen-bond donors (Lipinski definition) is 2. The summed E-state index contributed by atoms with van der Waals surface area (Å²) in [6, 6.07) is 10.5. The first kappa shape index (κ1) is 23.6. The van der Waals surface area contributed by atoms with E-state index in [0.717, 1.165) is 46.4 Å². The number of methoxy groups -OCH3 is 1. The predicted octanol–water partition coefficient (Wildman–Crippen LogP) is 4.99. The Balaban J connectivity index is 1.43. The van der Waals surface area contributed by atoms with Gasteiger partial charge in [0.05, 0.1) is 29.2 Å². The largest absolute Gasteiger partial charge is 0.489 e. The number of carbonyl (C=O) groups is 1. The molecule has 2 aromatic heterocycles. The van der Waals surface area contributed by atoms with Gasteiger partial charge >= 0.3 is 6.18 Å². The molecular formula is C22H19F3N4O4S. The third-order valence-electron chi connectivity index (χ3n) is 4.68. The molecule has 178 valence electrons. The second-order valence-electron chi connectivity index (χ2n) is 7.01. The second kappa shape index (κ2) is 10.2. The van der Waals surface area contributed by atoms with E-state index >= 15 is 0 Å². The Morgan fingerprint density at radius 2 is 2.00 bits per heavy atom. The minimum absolute atomic E-state index is 0.0958. The summed E-state index contributed by atoms with van der Waals surface area (Å²) in [7, 11) is 1.47. The highest BCUT2D eigenvalue weighted by Gasteiger charge is 2.31. The van der Waals surface area contributed by atoms with E-state index in [-0.39, 0.29) is 41.5 Å². The molecule has 0 aliphatic heterocycles. The van der Waals surface area contributed by atoms with Crippen LogP contribution in [0.2, 0.25) is 0 Å². The number of thioether (sulfide) groups is 1. The summed E-state index contributed by atoms with van der Waals surface area (Å²) in [5.41, 5.74) is 0.631. The molecule has 4 aromatic rings. The van der Waals surface area contributed by atoms with E-state index in [4.69, 9.17) is 13.9 Å². The van der Waals surface area contributed by atoms with Crippen molar-refractivity contribution in [3.63, 3.8) is 0 Å². The highest BCUT2D eigenvalue weighted by Crippen LogP contribution is 2.35. The van der Waals surface area contributed by atoms with Crippen LogP contribution in [0.3, 0.4) is 0 Å². The number of amides is 1. The zero-order valence-corrected chi connectivity index (χ0v) is 18.6. The van der Waals surface area contributed by atoms with Crippen LogP contribution in [-0.4, -0.2) is 47.2 Å². The Bertz CT molecular complexity index is 1290. The van der Waals surface area contributed by atoms with Crippen LogP contribution in [0.4, 0.5) is 18.9 Å². The van der Waals surface area contributed by atoms with E-state index in [0.29, 0.717) is 0 Å². The quantitative estimate of drug-likeness (QED) is 0.251. The van der Waals surface area contributed by atoms with Crippen LogP contribution < -0.4 is 10.1 Å². The van der Waals surface area contributed by atoms with Crippen molar-refractivity contribution in [1.29, 1.82) is 0 Å². The summed E-state index contributed by atoms with van der Waals surface area (Å²) >= 11 is 0.963. The van der Waals surface area contributed by atoms with Gasteiger partial charge in [-0.25, -0.2) is 0 Å². The van der Waals surface area contributed by atoms with Gasteiger partial charge < -0.3 is 24.2 Å². The number of anilines is 1. The van der Waals surface area contributed by atoms with Crippen molar-refractivity contribution in [2.75, 3.05) is 31.4 Å². The Morgan fingerprint density at radius 3 is 2.79 bits per heavy atom. The second-order valence-corrected chi connectivity index (χ2v) is 7.93. The number of H-pyrrole nitrogens is 1. The molecule has 34 heavy (non-hydrogen) atoms. The van der Waals surface area contributed by atoms with Gasteiger partial charge in [0.15, 0.2) is 0 Å². The number of halogens is 3. The van der Waals surface area contributed by atoms with Crippen LogP contribution in [0.15, 0.2) is 58.3 Å². The topological polar surface area (TPSA) is 102 Å². The van der Waals surface area contributed by atoms with Gasteiger partial charge in [0.25, 0.3) is 11.1 Å². The smallest absolute Gasteiger partial charge is 0.416 e. The predicted molar refractivity (Wildman–Crippen MR) is 120 cm³/mol. The van der Waals surface area contributed by atoms with E-state index in [2.05, 4.69) is 20.5 Å². The lowest BCUT2D eigenvalue weighted by molar-refractivity contribution is -0.137. The van der Waals surface area contributed by atoms with Crippen molar-refractivity contribution >= 4 is 34.3 Å². The molecule has 0 fully saturated rings.